The van der Waals surface area contributed by atoms with Crippen LogP contribution in [-0.2, 0) is 4.79 Å². The first-order valence-corrected chi connectivity index (χ1v) is 5.15. The van der Waals surface area contributed by atoms with Gasteiger partial charge in [-0.2, -0.15) is 0 Å². The van der Waals surface area contributed by atoms with Crippen LogP contribution in [0.3, 0.4) is 0 Å². The number of rotatable bonds is 2. The van der Waals surface area contributed by atoms with E-state index in [9.17, 15) is 4.79 Å². The molecule has 0 aliphatic heterocycles. The van der Waals surface area contributed by atoms with Gasteiger partial charge in [0.05, 0.1) is 5.69 Å². The molecule has 0 bridgehead atoms. The highest BCUT2D eigenvalue weighted by atomic mass is 16.2. The van der Waals surface area contributed by atoms with Crippen molar-refractivity contribution in [2.24, 2.45) is 5.92 Å². The Kier molecular flexibility index (Phi) is 1.82. The summed E-state index contributed by atoms with van der Waals surface area (Å²) >= 11 is 0. The molecule has 0 radical (unpaired) electrons. The number of aromatic nitrogens is 3. The number of nitrogens with one attached hydrogen (secondary N) is 1. The molecule has 1 fully saturated rings. The van der Waals surface area contributed by atoms with Gasteiger partial charge >= 0.3 is 0 Å². The van der Waals surface area contributed by atoms with E-state index in [1.165, 1.54) is 0 Å². The normalized spacial score (nSPS) is 15.2. The van der Waals surface area contributed by atoms with Crippen molar-refractivity contribution >= 4 is 23.1 Å². The lowest BCUT2D eigenvalue weighted by molar-refractivity contribution is -0.117. The Morgan fingerprint density at radius 2 is 2.38 bits per heavy atom. The molecule has 6 heteroatoms. The highest BCUT2D eigenvalue weighted by Crippen LogP contribution is 2.30. The molecule has 2 heterocycles. The van der Waals surface area contributed by atoms with Crippen molar-refractivity contribution in [1.82, 2.24) is 14.6 Å². The smallest absolute Gasteiger partial charge is 0.228 e. The second kappa shape index (κ2) is 3.19. The van der Waals surface area contributed by atoms with Crippen LogP contribution in [0, 0.1) is 5.92 Å². The van der Waals surface area contributed by atoms with Gasteiger partial charge in [-0.05, 0) is 12.8 Å². The quantitative estimate of drug-likeness (QED) is 0.773. The Balaban J connectivity index is 1.94. The van der Waals surface area contributed by atoms with Crippen molar-refractivity contribution < 1.29 is 4.79 Å². The zero-order valence-corrected chi connectivity index (χ0v) is 8.55. The van der Waals surface area contributed by atoms with Crippen LogP contribution in [0.5, 0.6) is 0 Å². The van der Waals surface area contributed by atoms with Gasteiger partial charge < -0.3 is 11.1 Å². The number of nitrogen functional groups attached to an aromatic ring is 1. The monoisotopic (exact) mass is 217 g/mol. The molecular weight excluding hydrogens is 206 g/mol. The molecule has 0 unspecified atom stereocenters. The summed E-state index contributed by atoms with van der Waals surface area (Å²) in [5.74, 6) is 0.646. The summed E-state index contributed by atoms with van der Waals surface area (Å²) in [6.07, 6.45) is 5.24. The molecule has 0 aromatic carbocycles. The molecule has 6 nitrogen and oxygen atoms in total. The molecule has 82 valence electrons. The van der Waals surface area contributed by atoms with E-state index < -0.39 is 0 Å². The third-order valence-corrected chi connectivity index (χ3v) is 2.59. The maximum Gasteiger partial charge on any atom is 0.228 e. The van der Waals surface area contributed by atoms with Gasteiger partial charge in [-0.3, -0.25) is 4.79 Å². The lowest BCUT2D eigenvalue weighted by Crippen LogP contribution is -2.15. The van der Waals surface area contributed by atoms with Gasteiger partial charge in [-0.1, -0.05) is 0 Å². The average molecular weight is 217 g/mol. The highest BCUT2D eigenvalue weighted by molar-refractivity contribution is 5.93. The third-order valence-electron chi connectivity index (χ3n) is 2.59. The number of anilines is 2. The average Bonchev–Trinajstić information content (AvgIpc) is 2.98. The highest BCUT2D eigenvalue weighted by Gasteiger charge is 2.29. The van der Waals surface area contributed by atoms with Crippen molar-refractivity contribution in [1.29, 1.82) is 0 Å². The molecule has 0 spiro atoms. The molecule has 2 aromatic heterocycles. The molecule has 3 N–H and O–H groups in total. The van der Waals surface area contributed by atoms with Gasteiger partial charge in [0.15, 0.2) is 11.5 Å². The molecule has 1 amide bonds. The van der Waals surface area contributed by atoms with Crippen LogP contribution in [0.2, 0.25) is 0 Å². The summed E-state index contributed by atoms with van der Waals surface area (Å²) in [7, 11) is 0. The lowest BCUT2D eigenvalue weighted by atomic mass is 10.4. The van der Waals surface area contributed by atoms with Crippen molar-refractivity contribution in [2.75, 3.05) is 11.1 Å². The van der Waals surface area contributed by atoms with Gasteiger partial charge in [0, 0.05) is 24.4 Å². The van der Waals surface area contributed by atoms with Gasteiger partial charge in [0.2, 0.25) is 5.91 Å². The molecule has 0 atom stereocenters. The van der Waals surface area contributed by atoms with Crippen LogP contribution < -0.4 is 11.1 Å². The first-order valence-electron chi connectivity index (χ1n) is 5.15. The Morgan fingerprint density at radius 1 is 1.56 bits per heavy atom. The van der Waals surface area contributed by atoms with E-state index in [2.05, 4.69) is 15.4 Å². The SMILES string of the molecule is Nc1cc(NC(=O)C2CC2)nn2ccnc12. The first kappa shape index (κ1) is 9.14. The number of nitrogens with two attached hydrogens (primary N) is 1. The summed E-state index contributed by atoms with van der Waals surface area (Å²) < 4.78 is 1.55. The standard InChI is InChI=1S/C10H11N5O/c11-7-5-8(13-10(16)6-1-2-6)14-15-4-3-12-9(7)15/h3-6H,1-2,11H2,(H,13,14,16). The first-order chi connectivity index (χ1) is 7.74. The van der Waals surface area contributed by atoms with Crippen molar-refractivity contribution in [3.63, 3.8) is 0 Å². The Bertz CT molecular complexity index is 557. The number of carbonyl (C=O) groups is 1. The second-order valence-corrected chi connectivity index (χ2v) is 3.94. The summed E-state index contributed by atoms with van der Waals surface area (Å²) in [5, 5.41) is 6.94. The minimum Gasteiger partial charge on any atom is -0.396 e. The molecular formula is C10H11N5O. The summed E-state index contributed by atoms with van der Waals surface area (Å²) in [6.45, 7) is 0. The van der Waals surface area contributed by atoms with Crippen LogP contribution in [-0.4, -0.2) is 20.5 Å². The number of imidazole rings is 1. The maximum absolute atomic E-state index is 11.5. The fraction of sp³-hybridized carbons (Fsp3) is 0.300. The van der Waals surface area contributed by atoms with E-state index in [4.69, 9.17) is 5.73 Å². The summed E-state index contributed by atoms with van der Waals surface area (Å²) in [5.41, 5.74) is 6.90. The topological polar surface area (TPSA) is 85.3 Å². The zero-order chi connectivity index (χ0) is 11.1. The minimum atomic E-state index is 0.0198. The summed E-state index contributed by atoms with van der Waals surface area (Å²) in [6, 6.07) is 1.63. The minimum absolute atomic E-state index is 0.0198. The Hall–Kier alpha value is -2.11. The number of carbonyl (C=O) groups excluding carboxylic acids is 1. The second-order valence-electron chi connectivity index (χ2n) is 3.94. The Morgan fingerprint density at radius 3 is 3.12 bits per heavy atom. The fourth-order valence-electron chi connectivity index (χ4n) is 1.58. The number of fused-ring (bicyclic) bond motifs is 1. The number of amides is 1. The number of hydrogen-bond donors (Lipinski definition) is 2. The number of hydrogen-bond acceptors (Lipinski definition) is 4. The van der Waals surface area contributed by atoms with E-state index >= 15 is 0 Å². The van der Waals surface area contributed by atoms with E-state index in [0.717, 1.165) is 12.8 Å². The molecule has 1 saturated carbocycles. The molecule has 16 heavy (non-hydrogen) atoms. The fourth-order valence-corrected chi connectivity index (χ4v) is 1.58. The number of nitrogens with zero attached hydrogens (tertiary/aromatic N) is 3. The van der Waals surface area contributed by atoms with E-state index in [0.29, 0.717) is 17.2 Å². The Labute approximate surface area is 91.5 Å². The third kappa shape index (κ3) is 1.48. The van der Waals surface area contributed by atoms with Crippen LogP contribution in [0.15, 0.2) is 18.5 Å². The lowest BCUT2D eigenvalue weighted by Gasteiger charge is -2.05. The van der Waals surface area contributed by atoms with Gasteiger partial charge in [0.25, 0.3) is 0 Å². The van der Waals surface area contributed by atoms with Crippen LogP contribution >= 0.6 is 0 Å². The molecule has 0 saturated heterocycles. The van der Waals surface area contributed by atoms with Crippen molar-refractivity contribution in [3.05, 3.63) is 18.5 Å². The van der Waals surface area contributed by atoms with E-state index in [-0.39, 0.29) is 11.8 Å². The maximum atomic E-state index is 11.5. The predicted octanol–water partition coefficient (Wildman–Crippen LogP) is 0.660. The molecule has 3 rings (SSSR count). The van der Waals surface area contributed by atoms with Crippen LogP contribution in [0.1, 0.15) is 12.8 Å². The molecule has 1 aliphatic carbocycles. The van der Waals surface area contributed by atoms with Crippen molar-refractivity contribution in [2.45, 2.75) is 12.8 Å². The van der Waals surface area contributed by atoms with Gasteiger partial charge in [-0.15, -0.1) is 5.10 Å². The van der Waals surface area contributed by atoms with Gasteiger partial charge in [0.1, 0.15) is 0 Å². The van der Waals surface area contributed by atoms with Crippen molar-refractivity contribution in [3.8, 4) is 0 Å². The van der Waals surface area contributed by atoms with Crippen LogP contribution in [0.4, 0.5) is 11.5 Å². The van der Waals surface area contributed by atoms with Gasteiger partial charge in [-0.25, -0.2) is 9.50 Å². The largest absolute Gasteiger partial charge is 0.396 e. The van der Waals surface area contributed by atoms with E-state index in [1.807, 2.05) is 0 Å². The predicted molar refractivity (Wildman–Crippen MR) is 58.8 cm³/mol. The zero-order valence-electron chi connectivity index (χ0n) is 8.55. The van der Waals surface area contributed by atoms with Crippen LogP contribution in [0.25, 0.3) is 5.65 Å². The molecule has 1 aliphatic rings. The summed E-state index contributed by atoms with van der Waals surface area (Å²) in [4.78, 5) is 15.6. The molecule has 2 aromatic rings. The van der Waals surface area contributed by atoms with E-state index in [1.54, 1.807) is 23.0 Å².